The molecule has 9 heteroatoms. The lowest BCUT2D eigenvalue weighted by Gasteiger charge is -2.63. The fourth-order valence-electron chi connectivity index (χ4n) is 7.80. The van der Waals surface area contributed by atoms with Gasteiger partial charge in [0.1, 0.15) is 6.17 Å². The first kappa shape index (κ1) is 25.8. The van der Waals surface area contributed by atoms with E-state index in [1.807, 2.05) is 0 Å². The number of rotatable bonds is 4. The molecule has 0 aliphatic heterocycles. The molecular formula is C25H30Cl2F2O5. The first-order valence-electron chi connectivity index (χ1n) is 11.7. The van der Waals surface area contributed by atoms with Gasteiger partial charge < -0.3 is 9.84 Å². The van der Waals surface area contributed by atoms with Crippen molar-refractivity contribution in [1.29, 1.82) is 0 Å². The van der Waals surface area contributed by atoms with Crippen LogP contribution in [0.4, 0.5) is 8.78 Å². The third-order valence-electron chi connectivity index (χ3n) is 9.33. The van der Waals surface area contributed by atoms with Crippen molar-refractivity contribution < 1.29 is 33.0 Å². The Balaban J connectivity index is 1.90. The van der Waals surface area contributed by atoms with E-state index in [0.29, 0.717) is 0 Å². The van der Waals surface area contributed by atoms with E-state index in [2.05, 4.69) is 0 Å². The third-order valence-corrected chi connectivity index (χ3v) is 9.86. The first-order valence-corrected chi connectivity index (χ1v) is 12.6. The summed E-state index contributed by atoms with van der Waals surface area (Å²) in [5.74, 6) is -4.23. The highest BCUT2D eigenvalue weighted by Crippen LogP contribution is 2.71. The number of alkyl halides is 3. The quantitative estimate of drug-likeness (QED) is 0.433. The molecule has 0 aromatic rings. The van der Waals surface area contributed by atoms with E-state index in [9.17, 15) is 19.5 Å². The predicted octanol–water partition coefficient (Wildman–Crippen LogP) is 4.62. The minimum Gasteiger partial charge on any atom is -0.450 e. The van der Waals surface area contributed by atoms with Crippen LogP contribution in [0.15, 0.2) is 22.8 Å². The first-order chi connectivity index (χ1) is 15.7. The molecular weight excluding hydrogens is 489 g/mol. The number of esters is 1. The molecule has 0 heterocycles. The lowest BCUT2D eigenvalue weighted by molar-refractivity contribution is -0.230. The van der Waals surface area contributed by atoms with Crippen molar-refractivity contribution in [3.8, 4) is 0 Å². The van der Waals surface area contributed by atoms with Crippen LogP contribution in [0.1, 0.15) is 53.4 Å². The van der Waals surface area contributed by atoms with Crippen LogP contribution in [-0.2, 0) is 19.1 Å². The molecule has 0 aromatic carbocycles. The largest absolute Gasteiger partial charge is 0.450 e. The van der Waals surface area contributed by atoms with Crippen LogP contribution in [0.3, 0.4) is 0 Å². The van der Waals surface area contributed by atoms with Crippen LogP contribution in [0.25, 0.3) is 0 Å². The molecule has 0 spiro atoms. The number of Topliss-reactive ketones (excluding diaryl/α,β-unsaturated/α-hetero) is 1. The zero-order valence-corrected chi connectivity index (χ0v) is 21.2. The van der Waals surface area contributed by atoms with Crippen molar-refractivity contribution in [2.75, 3.05) is 5.88 Å². The van der Waals surface area contributed by atoms with Gasteiger partial charge in [0.2, 0.25) is 0 Å². The molecule has 1 N–H and O–H groups in total. The number of fused-ring (bicyclic) bond motifs is 5. The normalized spacial score (nSPS) is 47.7. The molecule has 188 valence electrons. The Morgan fingerprint density at radius 2 is 1.91 bits per heavy atom. The molecule has 0 aromatic heterocycles. The van der Waals surface area contributed by atoms with Crippen LogP contribution in [0.2, 0.25) is 0 Å². The number of halogens is 4. The highest BCUT2D eigenvalue weighted by atomic mass is 35.5. The molecule has 34 heavy (non-hydrogen) atoms. The molecule has 4 rings (SSSR count). The molecule has 0 saturated heterocycles. The molecule has 0 radical (unpaired) electrons. The fraction of sp³-hybridized carbons (Fsp3) is 0.720. The van der Waals surface area contributed by atoms with Crippen molar-refractivity contribution in [3.05, 3.63) is 22.8 Å². The van der Waals surface area contributed by atoms with Crippen LogP contribution in [0, 0.1) is 28.6 Å². The molecule has 5 nitrogen and oxygen atoms in total. The summed E-state index contributed by atoms with van der Waals surface area (Å²) in [7, 11) is 0. The van der Waals surface area contributed by atoms with E-state index < -0.39 is 75.5 Å². The Bertz CT molecular complexity index is 1010. The summed E-state index contributed by atoms with van der Waals surface area (Å²) in [6.45, 7) is 6.53. The monoisotopic (exact) mass is 518 g/mol. The average Bonchev–Trinajstić information content (AvgIpc) is 2.99. The summed E-state index contributed by atoms with van der Waals surface area (Å²) < 4.78 is 38.7. The molecule has 3 saturated carbocycles. The van der Waals surface area contributed by atoms with Crippen molar-refractivity contribution >= 4 is 40.7 Å². The topological polar surface area (TPSA) is 80.7 Å². The maximum Gasteiger partial charge on any atom is 0.306 e. The molecule has 0 bridgehead atoms. The predicted molar refractivity (Wildman–Crippen MR) is 123 cm³/mol. The van der Waals surface area contributed by atoms with Crippen molar-refractivity contribution in [3.63, 3.8) is 0 Å². The fourth-order valence-corrected chi connectivity index (χ4v) is 8.27. The Labute approximate surface area is 207 Å². The lowest BCUT2D eigenvalue weighted by Crippen LogP contribution is -2.71. The smallest absolute Gasteiger partial charge is 0.306 e. The summed E-state index contributed by atoms with van der Waals surface area (Å²) >= 11 is 12.1. The van der Waals surface area contributed by atoms with E-state index in [1.54, 1.807) is 20.8 Å². The number of hydrogen-bond donors (Lipinski definition) is 1. The van der Waals surface area contributed by atoms with Gasteiger partial charge in [-0.05, 0) is 49.8 Å². The minimum absolute atomic E-state index is 0.0277. The molecule has 9 atom stereocenters. The van der Waals surface area contributed by atoms with E-state index >= 15 is 8.78 Å². The number of carbonyl (C=O) groups is 3. The molecule has 3 fully saturated rings. The highest BCUT2D eigenvalue weighted by molar-refractivity contribution is 6.44. The number of aliphatic hydroxyl groups is 1. The number of aliphatic hydroxyl groups excluding tert-OH is 1. The number of allylic oxidation sites excluding steroid dienone is 4. The highest BCUT2D eigenvalue weighted by Gasteiger charge is 2.78. The molecule has 0 amide bonds. The third kappa shape index (κ3) is 2.95. The average molecular weight is 519 g/mol. The molecule has 0 unspecified atom stereocenters. The summed E-state index contributed by atoms with van der Waals surface area (Å²) in [6.07, 6.45) is -1.15. The summed E-state index contributed by atoms with van der Waals surface area (Å²) in [5, 5.41) is 11.2. The van der Waals surface area contributed by atoms with E-state index in [4.69, 9.17) is 27.9 Å². The number of hydrogen-bond acceptors (Lipinski definition) is 5. The van der Waals surface area contributed by atoms with Gasteiger partial charge >= 0.3 is 5.97 Å². The maximum atomic E-state index is 17.3. The van der Waals surface area contributed by atoms with Crippen LogP contribution >= 0.6 is 23.2 Å². The Hall–Kier alpha value is -1.31. The van der Waals surface area contributed by atoms with E-state index in [-0.39, 0.29) is 36.3 Å². The second-order valence-corrected chi connectivity index (χ2v) is 11.4. The Kier molecular flexibility index (Phi) is 6.14. The Morgan fingerprint density at radius 1 is 1.26 bits per heavy atom. The maximum absolute atomic E-state index is 17.3. The zero-order valence-electron chi connectivity index (χ0n) is 19.7. The number of ketones is 2. The standard InChI is InChI=1S/C25H30Cl2F2O5/c1-5-21(33)34-25(20(32)11-26)12(2)6-13-14-7-17(28)15-8-18(30)16(27)9-22(15,3)24(14,29)19(31)10-23(13,25)4/h8-9,12-14,17,19,31H,5-7,10-11H2,1-4H3/t12-,13+,14+,17+,19+,22+,23+,24+,25+/m1/s1. The van der Waals surface area contributed by atoms with E-state index in [0.717, 1.165) is 6.08 Å². The summed E-state index contributed by atoms with van der Waals surface area (Å²) in [5.41, 5.74) is -6.85. The van der Waals surface area contributed by atoms with Gasteiger partial charge in [-0.25, -0.2) is 8.78 Å². The van der Waals surface area contributed by atoms with E-state index in [1.165, 1.54) is 13.0 Å². The van der Waals surface area contributed by atoms with Gasteiger partial charge in [0, 0.05) is 29.1 Å². The molecule has 4 aliphatic carbocycles. The van der Waals surface area contributed by atoms with Gasteiger partial charge in [0.05, 0.1) is 17.0 Å². The zero-order chi connectivity index (χ0) is 25.4. The summed E-state index contributed by atoms with van der Waals surface area (Å²) in [6, 6.07) is 0. The van der Waals surface area contributed by atoms with Gasteiger partial charge in [-0.15, -0.1) is 11.6 Å². The van der Waals surface area contributed by atoms with Crippen molar-refractivity contribution in [2.24, 2.45) is 28.6 Å². The van der Waals surface area contributed by atoms with Crippen molar-refractivity contribution in [2.45, 2.75) is 76.9 Å². The van der Waals surface area contributed by atoms with Crippen molar-refractivity contribution in [1.82, 2.24) is 0 Å². The molecule has 4 aliphatic rings. The summed E-state index contributed by atoms with van der Waals surface area (Å²) in [4.78, 5) is 37.9. The number of ether oxygens (including phenoxy) is 1. The van der Waals surface area contributed by atoms with Gasteiger partial charge in [-0.1, -0.05) is 32.4 Å². The SMILES string of the molecule is CCC(=O)O[C@]1(C(=O)CCl)[C@H](C)C[C@H]2[C@@H]3C[C@H](F)C4=CC(=O)C(Cl)=C[C@]4(C)[C@@]3(F)[C@@H](O)C[C@@]21C. The number of carbonyl (C=O) groups excluding carboxylic acids is 3. The second kappa shape index (κ2) is 8.10. The second-order valence-electron chi connectivity index (χ2n) is 10.7. The Morgan fingerprint density at radius 3 is 2.50 bits per heavy atom. The van der Waals surface area contributed by atoms with Crippen LogP contribution in [-0.4, -0.2) is 52.1 Å². The minimum atomic E-state index is -2.35. The van der Waals surface area contributed by atoms with Gasteiger partial charge in [-0.2, -0.15) is 0 Å². The van der Waals surface area contributed by atoms with Gasteiger partial charge in [0.25, 0.3) is 0 Å². The van der Waals surface area contributed by atoms with Gasteiger partial charge in [0.15, 0.2) is 22.8 Å². The van der Waals surface area contributed by atoms with Crippen LogP contribution in [0.5, 0.6) is 0 Å². The lowest BCUT2D eigenvalue weighted by atomic mass is 9.44. The van der Waals surface area contributed by atoms with Crippen LogP contribution < -0.4 is 0 Å². The van der Waals surface area contributed by atoms with Gasteiger partial charge in [-0.3, -0.25) is 14.4 Å².